The molecule has 1 atom stereocenters. The van der Waals surface area contributed by atoms with Gasteiger partial charge in [0, 0.05) is 24.7 Å². The molecule has 1 aromatic carbocycles. The smallest absolute Gasteiger partial charge is 0.224 e. The summed E-state index contributed by atoms with van der Waals surface area (Å²) < 4.78 is 0. The number of hydrogen-bond acceptors (Lipinski definition) is 3. The van der Waals surface area contributed by atoms with Gasteiger partial charge in [-0.05, 0) is 62.9 Å². The molecule has 2 heterocycles. The molecule has 1 amide bonds. The zero-order chi connectivity index (χ0) is 16.8. The second kappa shape index (κ2) is 8.84. The number of halogens is 1. The number of rotatable bonds is 5. The second-order valence-electron chi connectivity index (χ2n) is 7.10. The number of piperidine rings is 2. The lowest BCUT2D eigenvalue weighted by atomic mass is 9.95. The molecule has 0 spiro atoms. The number of nitrogens with one attached hydrogen (secondary N) is 2. The zero-order valence-corrected chi connectivity index (χ0v) is 15.0. The minimum atomic E-state index is 0.166. The van der Waals surface area contributed by atoms with E-state index in [1.165, 1.54) is 5.56 Å². The molecule has 2 saturated heterocycles. The Morgan fingerprint density at radius 3 is 2.75 bits per heavy atom. The number of carbonyl (C=O) groups excluding carboxylic acids is 1. The highest BCUT2D eigenvalue weighted by Crippen LogP contribution is 2.22. The molecule has 24 heavy (non-hydrogen) atoms. The van der Waals surface area contributed by atoms with Crippen molar-refractivity contribution in [2.24, 2.45) is 11.8 Å². The Morgan fingerprint density at radius 1 is 1.25 bits per heavy atom. The van der Waals surface area contributed by atoms with Gasteiger partial charge in [0.2, 0.25) is 5.91 Å². The van der Waals surface area contributed by atoms with Gasteiger partial charge in [-0.1, -0.05) is 29.8 Å². The standard InChI is InChI=1S/C19H28ClN3O/c20-18-6-2-1-4-17(18)14-23-10-7-15(8-11-23)12-22-19(24)16-5-3-9-21-13-16/h1-2,4,6,15-16,21H,3,5,7-14H2,(H,22,24). The van der Waals surface area contributed by atoms with E-state index in [0.717, 1.165) is 70.0 Å². The number of likely N-dealkylation sites (tertiary alicyclic amines) is 1. The van der Waals surface area contributed by atoms with Crippen LogP contribution in [0.25, 0.3) is 0 Å². The molecular formula is C19H28ClN3O. The van der Waals surface area contributed by atoms with Gasteiger partial charge in [-0.2, -0.15) is 0 Å². The third-order valence-electron chi connectivity index (χ3n) is 5.29. The summed E-state index contributed by atoms with van der Waals surface area (Å²) in [6, 6.07) is 8.08. The van der Waals surface area contributed by atoms with Crippen molar-refractivity contribution in [1.82, 2.24) is 15.5 Å². The van der Waals surface area contributed by atoms with Gasteiger partial charge in [-0.15, -0.1) is 0 Å². The van der Waals surface area contributed by atoms with Gasteiger partial charge in [0.15, 0.2) is 0 Å². The highest BCUT2D eigenvalue weighted by molar-refractivity contribution is 6.31. The van der Waals surface area contributed by atoms with E-state index in [1.54, 1.807) is 0 Å². The molecule has 0 aromatic heterocycles. The van der Waals surface area contributed by atoms with Crippen molar-refractivity contribution in [2.75, 3.05) is 32.7 Å². The monoisotopic (exact) mass is 349 g/mol. The summed E-state index contributed by atoms with van der Waals surface area (Å²) in [6.45, 7) is 5.80. The van der Waals surface area contributed by atoms with Gasteiger partial charge < -0.3 is 10.6 Å². The van der Waals surface area contributed by atoms with Crippen molar-refractivity contribution in [3.05, 3.63) is 34.9 Å². The van der Waals surface area contributed by atoms with Crippen molar-refractivity contribution < 1.29 is 4.79 Å². The summed E-state index contributed by atoms with van der Waals surface area (Å²) >= 11 is 6.25. The third-order valence-corrected chi connectivity index (χ3v) is 5.66. The minimum Gasteiger partial charge on any atom is -0.356 e. The number of amides is 1. The van der Waals surface area contributed by atoms with Crippen molar-refractivity contribution in [3.63, 3.8) is 0 Å². The maximum Gasteiger partial charge on any atom is 0.224 e. The van der Waals surface area contributed by atoms with Crippen LogP contribution in [0.2, 0.25) is 5.02 Å². The van der Waals surface area contributed by atoms with E-state index >= 15 is 0 Å². The van der Waals surface area contributed by atoms with E-state index in [-0.39, 0.29) is 11.8 Å². The van der Waals surface area contributed by atoms with Crippen LogP contribution >= 0.6 is 11.6 Å². The molecule has 2 aliphatic rings. The number of hydrogen-bond donors (Lipinski definition) is 2. The van der Waals surface area contributed by atoms with Gasteiger partial charge in [-0.3, -0.25) is 9.69 Å². The Kier molecular flexibility index (Phi) is 6.52. The summed E-state index contributed by atoms with van der Waals surface area (Å²) in [5, 5.41) is 7.34. The molecule has 132 valence electrons. The molecular weight excluding hydrogens is 322 g/mol. The van der Waals surface area contributed by atoms with Gasteiger partial charge >= 0.3 is 0 Å². The van der Waals surface area contributed by atoms with Crippen LogP contribution < -0.4 is 10.6 Å². The van der Waals surface area contributed by atoms with E-state index in [2.05, 4.69) is 21.6 Å². The fourth-order valence-corrected chi connectivity index (χ4v) is 3.88. The fraction of sp³-hybridized carbons (Fsp3) is 0.632. The van der Waals surface area contributed by atoms with Crippen molar-refractivity contribution >= 4 is 17.5 Å². The Balaban J connectivity index is 1.37. The Hall–Kier alpha value is -1.10. The van der Waals surface area contributed by atoms with E-state index in [1.807, 2.05) is 18.2 Å². The van der Waals surface area contributed by atoms with E-state index in [9.17, 15) is 4.79 Å². The van der Waals surface area contributed by atoms with Crippen LogP contribution in [0.5, 0.6) is 0 Å². The number of carbonyl (C=O) groups is 1. The largest absolute Gasteiger partial charge is 0.356 e. The molecule has 1 unspecified atom stereocenters. The van der Waals surface area contributed by atoms with Gasteiger partial charge in [0.05, 0.1) is 5.92 Å². The van der Waals surface area contributed by atoms with Crippen LogP contribution in [-0.4, -0.2) is 43.5 Å². The first kappa shape index (κ1) is 17.7. The average molecular weight is 350 g/mol. The van der Waals surface area contributed by atoms with Gasteiger partial charge in [-0.25, -0.2) is 0 Å². The first-order chi connectivity index (χ1) is 11.7. The van der Waals surface area contributed by atoms with Gasteiger partial charge in [0.1, 0.15) is 0 Å². The maximum absolute atomic E-state index is 12.2. The molecule has 5 heteroatoms. The second-order valence-corrected chi connectivity index (χ2v) is 7.51. The summed E-state index contributed by atoms with van der Waals surface area (Å²) in [7, 11) is 0. The summed E-state index contributed by atoms with van der Waals surface area (Å²) in [5.41, 5.74) is 1.20. The van der Waals surface area contributed by atoms with Crippen molar-refractivity contribution in [1.29, 1.82) is 0 Å². The lowest BCUT2D eigenvalue weighted by molar-refractivity contribution is -0.125. The zero-order valence-electron chi connectivity index (χ0n) is 14.3. The molecule has 1 aromatic rings. The Labute approximate surface area is 149 Å². The molecule has 4 nitrogen and oxygen atoms in total. The molecule has 2 fully saturated rings. The van der Waals surface area contributed by atoms with E-state index < -0.39 is 0 Å². The van der Waals surface area contributed by atoms with Crippen molar-refractivity contribution in [2.45, 2.75) is 32.2 Å². The average Bonchev–Trinajstić information content (AvgIpc) is 2.63. The van der Waals surface area contributed by atoms with Crippen LogP contribution in [0.15, 0.2) is 24.3 Å². The normalized spacial score (nSPS) is 23.1. The predicted octanol–water partition coefficient (Wildman–Crippen LogP) is 2.67. The summed E-state index contributed by atoms with van der Waals surface area (Å²) in [4.78, 5) is 14.7. The SMILES string of the molecule is O=C(NCC1CCN(Cc2ccccc2Cl)CC1)C1CCCNC1. The van der Waals surface area contributed by atoms with Crippen LogP contribution in [0.4, 0.5) is 0 Å². The fourth-order valence-electron chi connectivity index (χ4n) is 3.68. The molecule has 3 rings (SSSR count). The topological polar surface area (TPSA) is 44.4 Å². The quantitative estimate of drug-likeness (QED) is 0.859. The molecule has 0 aliphatic carbocycles. The predicted molar refractivity (Wildman–Crippen MR) is 98.1 cm³/mol. The van der Waals surface area contributed by atoms with Crippen LogP contribution in [0, 0.1) is 11.8 Å². The van der Waals surface area contributed by atoms with E-state index in [4.69, 9.17) is 11.6 Å². The summed E-state index contributed by atoms with van der Waals surface area (Å²) in [5.74, 6) is 1.01. The number of nitrogens with zero attached hydrogens (tertiary/aromatic N) is 1. The lowest BCUT2D eigenvalue weighted by Crippen LogP contribution is -2.43. The lowest BCUT2D eigenvalue weighted by Gasteiger charge is -2.32. The van der Waals surface area contributed by atoms with Gasteiger partial charge in [0.25, 0.3) is 0 Å². The van der Waals surface area contributed by atoms with Crippen LogP contribution in [0.3, 0.4) is 0 Å². The molecule has 0 radical (unpaired) electrons. The minimum absolute atomic E-state index is 0.166. The first-order valence-electron chi connectivity index (χ1n) is 9.16. The van der Waals surface area contributed by atoms with Crippen LogP contribution in [0.1, 0.15) is 31.2 Å². The highest BCUT2D eigenvalue weighted by Gasteiger charge is 2.23. The summed E-state index contributed by atoms with van der Waals surface area (Å²) in [6.07, 6.45) is 4.43. The number of benzene rings is 1. The first-order valence-corrected chi connectivity index (χ1v) is 9.54. The molecule has 2 N–H and O–H groups in total. The van der Waals surface area contributed by atoms with E-state index in [0.29, 0.717) is 5.92 Å². The molecule has 2 aliphatic heterocycles. The van der Waals surface area contributed by atoms with Crippen molar-refractivity contribution in [3.8, 4) is 0 Å². The Bertz CT molecular complexity index is 537. The molecule has 0 saturated carbocycles. The van der Waals surface area contributed by atoms with Crippen LogP contribution in [-0.2, 0) is 11.3 Å². The maximum atomic E-state index is 12.2. The molecule has 0 bridgehead atoms. The third kappa shape index (κ3) is 4.95. The highest BCUT2D eigenvalue weighted by atomic mass is 35.5. The Morgan fingerprint density at radius 2 is 2.04 bits per heavy atom.